The fourth-order valence-corrected chi connectivity index (χ4v) is 5.00. The highest BCUT2D eigenvalue weighted by molar-refractivity contribution is 7.18. The van der Waals surface area contributed by atoms with Gasteiger partial charge in [0.1, 0.15) is 5.00 Å². The summed E-state index contributed by atoms with van der Waals surface area (Å²) < 4.78 is 15.9. The number of nitrogens with zero attached hydrogens (tertiary/aromatic N) is 1. The Morgan fingerprint density at radius 2 is 1.76 bits per heavy atom. The Morgan fingerprint density at radius 3 is 2.43 bits per heavy atom. The van der Waals surface area contributed by atoms with Crippen LogP contribution in [0.5, 0.6) is 11.5 Å². The number of fused-ring (bicyclic) bond motifs is 1. The van der Waals surface area contributed by atoms with Gasteiger partial charge in [0.25, 0.3) is 11.8 Å². The molecular weight excluding hydrogens is 494 g/mol. The summed E-state index contributed by atoms with van der Waals surface area (Å²) in [6.45, 7) is 3.40. The van der Waals surface area contributed by atoms with Crippen LogP contribution in [-0.4, -0.2) is 43.6 Å². The van der Waals surface area contributed by atoms with E-state index in [0.29, 0.717) is 44.8 Å². The number of amides is 2. The van der Waals surface area contributed by atoms with Crippen molar-refractivity contribution >= 4 is 45.0 Å². The number of methoxy groups -OCH3 is 2. The van der Waals surface area contributed by atoms with Gasteiger partial charge in [0.2, 0.25) is 0 Å². The highest BCUT2D eigenvalue weighted by Gasteiger charge is 2.26. The molecule has 2 aromatic carbocycles. The Morgan fingerprint density at radius 1 is 1.03 bits per heavy atom. The SMILES string of the molecule is CCOC(=O)c1c(NC(=O)c2cc(-c3ccc(OC)c(OC)c3)nc3ccccc23)sc(C(N)=O)c1C. The van der Waals surface area contributed by atoms with Gasteiger partial charge < -0.3 is 25.3 Å². The van der Waals surface area contributed by atoms with E-state index in [1.807, 2.05) is 12.1 Å². The summed E-state index contributed by atoms with van der Waals surface area (Å²) in [6, 6.07) is 14.3. The second kappa shape index (κ2) is 10.7. The van der Waals surface area contributed by atoms with E-state index in [0.717, 1.165) is 11.3 Å². The van der Waals surface area contributed by atoms with Gasteiger partial charge in [-0.2, -0.15) is 0 Å². The maximum Gasteiger partial charge on any atom is 0.341 e. The highest BCUT2D eigenvalue weighted by Crippen LogP contribution is 2.36. The van der Waals surface area contributed by atoms with Crippen LogP contribution in [0.25, 0.3) is 22.2 Å². The summed E-state index contributed by atoms with van der Waals surface area (Å²) in [4.78, 5) is 43.1. The number of nitrogens with two attached hydrogens (primary N) is 1. The molecule has 0 bridgehead atoms. The molecule has 0 saturated carbocycles. The number of para-hydroxylation sites is 1. The van der Waals surface area contributed by atoms with Crippen molar-refractivity contribution in [2.75, 3.05) is 26.1 Å². The summed E-state index contributed by atoms with van der Waals surface area (Å²) in [5.41, 5.74) is 8.14. The lowest BCUT2D eigenvalue weighted by atomic mass is 10.0. The monoisotopic (exact) mass is 519 g/mol. The van der Waals surface area contributed by atoms with Crippen molar-refractivity contribution < 1.29 is 28.6 Å². The predicted octanol–water partition coefficient (Wildman–Crippen LogP) is 4.82. The first-order chi connectivity index (χ1) is 17.8. The van der Waals surface area contributed by atoms with Gasteiger partial charge in [-0.25, -0.2) is 9.78 Å². The van der Waals surface area contributed by atoms with Crippen LogP contribution in [0.3, 0.4) is 0 Å². The lowest BCUT2D eigenvalue weighted by Gasteiger charge is -2.13. The quantitative estimate of drug-likeness (QED) is 0.319. The van der Waals surface area contributed by atoms with Crippen molar-refractivity contribution in [2.45, 2.75) is 13.8 Å². The number of hydrogen-bond acceptors (Lipinski definition) is 8. The van der Waals surface area contributed by atoms with Crippen LogP contribution in [0.15, 0.2) is 48.5 Å². The number of primary amides is 1. The van der Waals surface area contributed by atoms with Crippen molar-refractivity contribution in [2.24, 2.45) is 5.73 Å². The maximum atomic E-state index is 13.6. The Hall–Kier alpha value is -4.44. The van der Waals surface area contributed by atoms with Crippen molar-refractivity contribution in [3.63, 3.8) is 0 Å². The second-order valence-corrected chi connectivity index (χ2v) is 8.96. The number of thiophene rings is 1. The lowest BCUT2D eigenvalue weighted by Crippen LogP contribution is -2.16. The predicted molar refractivity (Wildman–Crippen MR) is 142 cm³/mol. The molecule has 0 radical (unpaired) electrons. The minimum absolute atomic E-state index is 0.104. The van der Waals surface area contributed by atoms with Crippen molar-refractivity contribution in [3.8, 4) is 22.8 Å². The normalized spacial score (nSPS) is 10.7. The third-order valence-electron chi connectivity index (χ3n) is 5.72. The number of rotatable bonds is 8. The number of carbonyl (C=O) groups is 3. The molecule has 0 aliphatic carbocycles. The third kappa shape index (κ3) is 4.96. The number of pyridine rings is 1. The van der Waals surface area contributed by atoms with Gasteiger partial charge in [0.05, 0.1) is 48.0 Å². The van der Waals surface area contributed by atoms with E-state index in [2.05, 4.69) is 5.32 Å². The van der Waals surface area contributed by atoms with Crippen molar-refractivity contribution in [1.29, 1.82) is 0 Å². The number of anilines is 1. The third-order valence-corrected chi connectivity index (χ3v) is 6.94. The van der Waals surface area contributed by atoms with E-state index in [-0.39, 0.29) is 22.0 Å². The molecule has 9 nitrogen and oxygen atoms in total. The van der Waals surface area contributed by atoms with Crippen molar-refractivity contribution in [1.82, 2.24) is 4.98 Å². The molecule has 190 valence electrons. The van der Waals surface area contributed by atoms with E-state index < -0.39 is 17.8 Å². The largest absolute Gasteiger partial charge is 0.493 e. The molecule has 10 heteroatoms. The van der Waals surface area contributed by atoms with Gasteiger partial charge in [0, 0.05) is 10.9 Å². The fourth-order valence-electron chi connectivity index (χ4n) is 3.96. The zero-order valence-electron chi connectivity index (χ0n) is 20.7. The molecular formula is C27H25N3O6S. The zero-order valence-corrected chi connectivity index (χ0v) is 21.5. The van der Waals surface area contributed by atoms with Crippen LogP contribution in [0, 0.1) is 6.92 Å². The molecule has 0 aliphatic heterocycles. The minimum atomic E-state index is -0.696. The number of aromatic nitrogens is 1. The molecule has 0 aliphatic rings. The van der Waals surface area contributed by atoms with Crippen LogP contribution in [-0.2, 0) is 4.74 Å². The molecule has 4 rings (SSSR count). The standard InChI is InChI=1S/C27H25N3O6S/c1-5-36-27(33)22-14(2)23(24(28)31)37-26(22)30-25(32)17-13-19(29-18-9-7-6-8-16(17)18)15-10-11-20(34-3)21(12-15)35-4/h6-13H,5H2,1-4H3,(H2,28,31)(H,30,32). The highest BCUT2D eigenvalue weighted by atomic mass is 32.1. The van der Waals surface area contributed by atoms with E-state index in [1.54, 1.807) is 64.5 Å². The zero-order chi connectivity index (χ0) is 26.7. The average molecular weight is 520 g/mol. The van der Waals surface area contributed by atoms with Gasteiger partial charge in [-0.1, -0.05) is 18.2 Å². The molecule has 3 N–H and O–H groups in total. The molecule has 2 amide bonds. The molecule has 0 unspecified atom stereocenters. The number of ether oxygens (including phenoxy) is 3. The Kier molecular flexibility index (Phi) is 7.40. The number of benzene rings is 2. The summed E-state index contributed by atoms with van der Waals surface area (Å²) >= 11 is 0.933. The molecule has 2 heterocycles. The fraction of sp³-hybridized carbons (Fsp3) is 0.185. The van der Waals surface area contributed by atoms with Gasteiger partial charge in [-0.05, 0) is 49.7 Å². The Balaban J connectivity index is 1.82. The van der Waals surface area contributed by atoms with Crippen molar-refractivity contribution in [3.05, 3.63) is 70.1 Å². The lowest BCUT2D eigenvalue weighted by molar-refractivity contribution is 0.0527. The summed E-state index contributed by atoms with van der Waals surface area (Å²) in [7, 11) is 3.09. The minimum Gasteiger partial charge on any atom is -0.493 e. The maximum absolute atomic E-state index is 13.6. The second-order valence-electron chi connectivity index (χ2n) is 7.94. The average Bonchev–Trinajstić information content (AvgIpc) is 3.23. The van der Waals surface area contributed by atoms with Gasteiger partial charge >= 0.3 is 5.97 Å². The Labute approximate surface area is 217 Å². The van der Waals surface area contributed by atoms with Crippen LogP contribution >= 0.6 is 11.3 Å². The number of hydrogen-bond donors (Lipinski definition) is 2. The van der Waals surface area contributed by atoms with E-state index in [9.17, 15) is 14.4 Å². The molecule has 0 atom stereocenters. The number of nitrogens with one attached hydrogen (secondary N) is 1. The van der Waals surface area contributed by atoms with Gasteiger partial charge in [-0.15, -0.1) is 11.3 Å². The van der Waals surface area contributed by atoms with Gasteiger partial charge in [0.15, 0.2) is 11.5 Å². The van der Waals surface area contributed by atoms with Crippen LogP contribution in [0.2, 0.25) is 0 Å². The first kappa shape index (κ1) is 25.6. The molecule has 37 heavy (non-hydrogen) atoms. The molecule has 0 saturated heterocycles. The summed E-state index contributed by atoms with van der Waals surface area (Å²) in [5.74, 6) is -0.741. The molecule has 0 spiro atoms. The summed E-state index contributed by atoms with van der Waals surface area (Å²) in [6.07, 6.45) is 0. The van der Waals surface area contributed by atoms with Crippen LogP contribution < -0.4 is 20.5 Å². The van der Waals surface area contributed by atoms with E-state index >= 15 is 0 Å². The van der Waals surface area contributed by atoms with Gasteiger partial charge in [-0.3, -0.25) is 9.59 Å². The molecule has 0 fully saturated rings. The Bertz CT molecular complexity index is 1530. The topological polar surface area (TPSA) is 130 Å². The number of carbonyl (C=O) groups excluding carboxylic acids is 3. The molecule has 4 aromatic rings. The smallest absolute Gasteiger partial charge is 0.341 e. The van der Waals surface area contributed by atoms with E-state index in [1.165, 1.54) is 0 Å². The van der Waals surface area contributed by atoms with Crippen LogP contribution in [0.1, 0.15) is 42.9 Å². The van der Waals surface area contributed by atoms with E-state index in [4.69, 9.17) is 24.9 Å². The summed E-state index contributed by atoms with van der Waals surface area (Å²) in [5, 5.41) is 3.59. The first-order valence-corrected chi connectivity index (χ1v) is 12.1. The number of esters is 1. The first-order valence-electron chi connectivity index (χ1n) is 11.3. The molecule has 2 aromatic heterocycles. The van der Waals surface area contributed by atoms with Crippen LogP contribution in [0.4, 0.5) is 5.00 Å².